The molecule has 1 aliphatic heterocycles. The van der Waals surface area contributed by atoms with Gasteiger partial charge in [-0.2, -0.15) is 13.2 Å². The first-order valence-corrected chi connectivity index (χ1v) is 10.5. The Hall–Kier alpha value is -3.29. The lowest BCUT2D eigenvalue weighted by Crippen LogP contribution is -2.34. The number of alkyl halides is 3. The Morgan fingerprint density at radius 1 is 1.12 bits per heavy atom. The monoisotopic (exact) mass is 443 g/mol. The van der Waals surface area contributed by atoms with E-state index >= 15 is 0 Å². The Morgan fingerprint density at radius 3 is 2.44 bits per heavy atom. The minimum absolute atomic E-state index is 0.113. The molecule has 1 aliphatic rings. The zero-order valence-electron chi connectivity index (χ0n) is 17.8. The fraction of sp³-hybridized carbons (Fsp3) is 0.333. The van der Waals surface area contributed by atoms with Crippen LogP contribution in [0.3, 0.4) is 0 Å². The standard InChI is InChI=1S/C24H24F3N3O2/c1-15(2)21-20(16-7-4-3-5-8-16)29-22(32-21)19-9-6-14-30(19)23(31)28-18-12-10-17(11-13-18)24(25,26)27/h3-5,7-8,10-13,15,19H,6,9,14H2,1-2H3,(H,28,31)/t19-/m1/s1. The van der Waals surface area contributed by atoms with Gasteiger partial charge in [-0.1, -0.05) is 44.2 Å². The number of hydrogen-bond acceptors (Lipinski definition) is 3. The predicted octanol–water partition coefficient (Wildman–Crippen LogP) is 6.85. The molecule has 1 saturated heterocycles. The summed E-state index contributed by atoms with van der Waals surface area (Å²) in [5, 5.41) is 2.69. The molecule has 8 heteroatoms. The number of aromatic nitrogens is 1. The van der Waals surface area contributed by atoms with Crippen LogP contribution >= 0.6 is 0 Å². The quantitative estimate of drug-likeness (QED) is 0.480. The van der Waals surface area contributed by atoms with E-state index in [-0.39, 0.29) is 12.0 Å². The van der Waals surface area contributed by atoms with Crippen molar-refractivity contribution in [1.29, 1.82) is 0 Å². The lowest BCUT2D eigenvalue weighted by Gasteiger charge is -2.23. The van der Waals surface area contributed by atoms with Gasteiger partial charge in [-0.05, 0) is 37.1 Å². The molecule has 2 amide bonds. The normalized spacial score (nSPS) is 16.6. The van der Waals surface area contributed by atoms with E-state index in [1.807, 2.05) is 44.2 Å². The summed E-state index contributed by atoms with van der Waals surface area (Å²) < 4.78 is 44.4. The van der Waals surface area contributed by atoms with Gasteiger partial charge in [0.25, 0.3) is 0 Å². The third kappa shape index (κ3) is 4.49. The number of benzene rings is 2. The summed E-state index contributed by atoms with van der Waals surface area (Å²) in [6.45, 7) is 4.57. The van der Waals surface area contributed by atoms with Gasteiger partial charge in [0, 0.05) is 23.7 Å². The van der Waals surface area contributed by atoms with Crippen molar-refractivity contribution < 1.29 is 22.4 Å². The summed E-state index contributed by atoms with van der Waals surface area (Å²) in [4.78, 5) is 19.3. The van der Waals surface area contributed by atoms with E-state index in [9.17, 15) is 18.0 Å². The van der Waals surface area contributed by atoms with Crippen LogP contribution in [0, 0.1) is 0 Å². The second kappa shape index (κ2) is 8.68. The lowest BCUT2D eigenvalue weighted by atomic mass is 10.0. The minimum atomic E-state index is -4.42. The molecule has 1 N–H and O–H groups in total. The second-order valence-electron chi connectivity index (χ2n) is 8.14. The largest absolute Gasteiger partial charge is 0.442 e. The summed E-state index contributed by atoms with van der Waals surface area (Å²) in [5.74, 6) is 1.36. The highest BCUT2D eigenvalue weighted by molar-refractivity contribution is 5.89. The molecule has 5 nitrogen and oxygen atoms in total. The van der Waals surface area contributed by atoms with Crippen molar-refractivity contribution in [2.75, 3.05) is 11.9 Å². The first kappa shape index (κ1) is 21.9. The summed E-state index contributed by atoms with van der Waals surface area (Å²) in [5.41, 5.74) is 1.26. The van der Waals surface area contributed by atoms with Crippen molar-refractivity contribution in [3.05, 3.63) is 71.8 Å². The van der Waals surface area contributed by atoms with Gasteiger partial charge in [0.05, 0.1) is 5.56 Å². The van der Waals surface area contributed by atoms with E-state index in [0.29, 0.717) is 24.5 Å². The Balaban J connectivity index is 1.55. The minimum Gasteiger partial charge on any atom is -0.442 e. The van der Waals surface area contributed by atoms with Crippen LogP contribution in [-0.4, -0.2) is 22.5 Å². The van der Waals surface area contributed by atoms with Crippen molar-refractivity contribution in [2.24, 2.45) is 0 Å². The number of anilines is 1. The number of oxazole rings is 1. The fourth-order valence-corrected chi connectivity index (χ4v) is 3.89. The van der Waals surface area contributed by atoms with E-state index in [1.165, 1.54) is 12.1 Å². The van der Waals surface area contributed by atoms with Gasteiger partial charge in [0.2, 0.25) is 5.89 Å². The maximum absolute atomic E-state index is 12.9. The Bertz CT molecular complexity index is 1080. The number of likely N-dealkylation sites (tertiary alicyclic amines) is 1. The molecule has 32 heavy (non-hydrogen) atoms. The summed E-state index contributed by atoms with van der Waals surface area (Å²) in [6.07, 6.45) is -2.93. The maximum Gasteiger partial charge on any atom is 0.416 e. The van der Waals surface area contributed by atoms with Crippen molar-refractivity contribution in [1.82, 2.24) is 9.88 Å². The molecule has 0 spiro atoms. The molecule has 1 aromatic heterocycles. The number of carbonyl (C=O) groups excluding carboxylic acids is 1. The lowest BCUT2D eigenvalue weighted by molar-refractivity contribution is -0.137. The number of hydrogen-bond donors (Lipinski definition) is 1. The van der Waals surface area contributed by atoms with Crippen molar-refractivity contribution >= 4 is 11.7 Å². The Labute approximate surface area is 184 Å². The highest BCUT2D eigenvalue weighted by Crippen LogP contribution is 2.37. The molecule has 2 heterocycles. The van der Waals surface area contributed by atoms with Crippen LogP contribution in [0.25, 0.3) is 11.3 Å². The molecule has 2 aromatic carbocycles. The molecule has 4 rings (SSSR count). The molecular weight excluding hydrogens is 419 g/mol. The van der Waals surface area contributed by atoms with Gasteiger partial charge in [-0.25, -0.2) is 9.78 Å². The smallest absolute Gasteiger partial charge is 0.416 e. The topological polar surface area (TPSA) is 58.4 Å². The first-order valence-electron chi connectivity index (χ1n) is 10.5. The van der Waals surface area contributed by atoms with Crippen LogP contribution in [0.15, 0.2) is 59.0 Å². The van der Waals surface area contributed by atoms with Crippen LogP contribution in [-0.2, 0) is 6.18 Å². The Kier molecular flexibility index (Phi) is 5.95. The van der Waals surface area contributed by atoms with Gasteiger partial charge in [-0.3, -0.25) is 0 Å². The van der Waals surface area contributed by atoms with E-state index in [2.05, 4.69) is 5.32 Å². The average molecular weight is 443 g/mol. The van der Waals surface area contributed by atoms with E-state index in [0.717, 1.165) is 35.6 Å². The van der Waals surface area contributed by atoms with Crippen molar-refractivity contribution in [2.45, 2.75) is 44.8 Å². The zero-order valence-corrected chi connectivity index (χ0v) is 17.8. The average Bonchev–Trinajstić information content (AvgIpc) is 3.41. The number of carbonyl (C=O) groups is 1. The molecular formula is C24H24F3N3O2. The van der Waals surface area contributed by atoms with Crippen LogP contribution < -0.4 is 5.32 Å². The number of halogens is 3. The third-order valence-electron chi connectivity index (χ3n) is 5.50. The zero-order chi connectivity index (χ0) is 22.9. The van der Waals surface area contributed by atoms with E-state index < -0.39 is 17.8 Å². The number of urea groups is 1. The van der Waals surface area contributed by atoms with Gasteiger partial charge in [0.15, 0.2) is 0 Å². The molecule has 1 atom stereocenters. The van der Waals surface area contributed by atoms with Crippen LogP contribution in [0.4, 0.5) is 23.7 Å². The van der Waals surface area contributed by atoms with E-state index in [1.54, 1.807) is 4.90 Å². The highest BCUT2D eigenvalue weighted by Gasteiger charge is 2.35. The first-order chi connectivity index (χ1) is 15.2. The van der Waals surface area contributed by atoms with Crippen LogP contribution in [0.2, 0.25) is 0 Å². The summed E-state index contributed by atoms with van der Waals surface area (Å²) in [7, 11) is 0. The molecule has 0 unspecified atom stereocenters. The maximum atomic E-state index is 12.9. The molecule has 0 saturated carbocycles. The third-order valence-corrected chi connectivity index (χ3v) is 5.50. The van der Waals surface area contributed by atoms with Crippen LogP contribution in [0.1, 0.15) is 55.9 Å². The number of rotatable bonds is 4. The fourth-order valence-electron chi connectivity index (χ4n) is 3.89. The molecule has 3 aromatic rings. The summed E-state index contributed by atoms with van der Waals surface area (Å²) in [6, 6.07) is 13.4. The summed E-state index contributed by atoms with van der Waals surface area (Å²) >= 11 is 0. The number of nitrogens with one attached hydrogen (secondary N) is 1. The van der Waals surface area contributed by atoms with Gasteiger partial charge >= 0.3 is 12.2 Å². The SMILES string of the molecule is CC(C)c1oc([C@H]2CCCN2C(=O)Nc2ccc(C(F)(F)F)cc2)nc1-c1ccccc1. The number of nitrogens with zero attached hydrogens (tertiary/aromatic N) is 2. The van der Waals surface area contributed by atoms with Crippen molar-refractivity contribution in [3.8, 4) is 11.3 Å². The Morgan fingerprint density at radius 2 is 1.81 bits per heavy atom. The van der Waals surface area contributed by atoms with E-state index in [4.69, 9.17) is 9.40 Å². The van der Waals surface area contributed by atoms with Gasteiger partial charge in [-0.15, -0.1) is 0 Å². The molecule has 0 radical (unpaired) electrons. The van der Waals surface area contributed by atoms with Crippen molar-refractivity contribution in [3.63, 3.8) is 0 Å². The van der Waals surface area contributed by atoms with Gasteiger partial charge < -0.3 is 14.6 Å². The number of amides is 2. The second-order valence-corrected chi connectivity index (χ2v) is 8.14. The van der Waals surface area contributed by atoms with Crippen LogP contribution in [0.5, 0.6) is 0 Å². The molecule has 168 valence electrons. The molecule has 1 fully saturated rings. The molecule has 0 aliphatic carbocycles. The molecule has 0 bridgehead atoms. The predicted molar refractivity (Wildman–Crippen MR) is 115 cm³/mol. The van der Waals surface area contributed by atoms with Gasteiger partial charge in [0.1, 0.15) is 17.5 Å². The highest BCUT2D eigenvalue weighted by atomic mass is 19.4.